The van der Waals surface area contributed by atoms with Crippen LogP contribution in [0.4, 0.5) is 11.4 Å². The standard InChI is InChI=1S/C23H18N4O4/c28-22-11-8-16-12-17(27(30)31)9-10-18(16)20(22)13-25-26-23(29)14-24-21-7-3-5-15-4-1-2-6-19(15)21/h1-13,24H,14H2,(H2-,25,26,28,29,30,31)/p+1. The summed E-state index contributed by atoms with van der Waals surface area (Å²) in [4.78, 5) is 23.0. The van der Waals surface area contributed by atoms with Crippen LogP contribution < -0.4 is 10.7 Å². The molecule has 4 N–H and O–H groups in total. The van der Waals surface area contributed by atoms with Crippen LogP contribution in [0.5, 0.6) is 5.75 Å². The van der Waals surface area contributed by atoms with Crippen LogP contribution in [-0.2, 0) is 4.79 Å². The van der Waals surface area contributed by atoms with E-state index in [0.29, 0.717) is 16.3 Å². The summed E-state index contributed by atoms with van der Waals surface area (Å²) in [6, 6.07) is 21.2. The van der Waals surface area contributed by atoms with Gasteiger partial charge in [-0.25, -0.2) is 10.6 Å². The first-order valence-electron chi connectivity index (χ1n) is 9.48. The molecule has 0 atom stereocenters. The summed E-state index contributed by atoms with van der Waals surface area (Å²) in [6.07, 6.45) is 1.33. The van der Waals surface area contributed by atoms with Crippen LogP contribution in [0.3, 0.4) is 0 Å². The summed E-state index contributed by atoms with van der Waals surface area (Å²) in [5.41, 5.74) is 3.71. The molecule has 0 spiro atoms. The van der Waals surface area contributed by atoms with Gasteiger partial charge in [-0.15, -0.1) is 0 Å². The minimum absolute atomic E-state index is 0.0199. The summed E-state index contributed by atoms with van der Waals surface area (Å²) in [7, 11) is 0. The van der Waals surface area contributed by atoms with Crippen molar-refractivity contribution in [1.29, 1.82) is 0 Å². The average molecular weight is 415 g/mol. The highest BCUT2D eigenvalue weighted by Gasteiger charge is 2.14. The van der Waals surface area contributed by atoms with E-state index in [-0.39, 0.29) is 28.8 Å². The third-order valence-corrected chi connectivity index (χ3v) is 4.85. The van der Waals surface area contributed by atoms with Crippen LogP contribution in [0, 0.1) is 4.91 Å². The minimum Gasteiger partial charge on any atom is -0.507 e. The lowest BCUT2D eigenvalue weighted by molar-refractivity contribution is -0.729. The van der Waals surface area contributed by atoms with Crippen LogP contribution in [0.1, 0.15) is 5.56 Å². The third-order valence-electron chi connectivity index (χ3n) is 4.85. The molecule has 0 unspecified atom stereocenters. The number of carbonyl (C=O) groups is 1. The fraction of sp³-hybridized carbons (Fsp3) is 0.0435. The van der Waals surface area contributed by atoms with Gasteiger partial charge in [0.25, 0.3) is 10.8 Å². The summed E-state index contributed by atoms with van der Waals surface area (Å²) < 4.78 is 0. The summed E-state index contributed by atoms with van der Waals surface area (Å²) in [5.74, 6) is -0.386. The first kappa shape index (κ1) is 19.8. The van der Waals surface area contributed by atoms with Gasteiger partial charge < -0.3 is 10.4 Å². The molecule has 0 aliphatic rings. The molecule has 8 nitrogen and oxygen atoms in total. The smallest absolute Gasteiger partial charge is 0.317 e. The predicted molar refractivity (Wildman–Crippen MR) is 119 cm³/mol. The van der Waals surface area contributed by atoms with Crippen molar-refractivity contribution < 1.29 is 20.0 Å². The van der Waals surface area contributed by atoms with E-state index in [4.69, 9.17) is 5.21 Å². The van der Waals surface area contributed by atoms with Crippen molar-refractivity contribution in [2.45, 2.75) is 0 Å². The number of carbonyl (C=O) groups excluding carboxylic acids is 1. The molecule has 0 saturated carbocycles. The molecule has 8 heteroatoms. The van der Waals surface area contributed by atoms with Crippen molar-refractivity contribution in [2.24, 2.45) is 5.10 Å². The maximum atomic E-state index is 12.2. The zero-order valence-corrected chi connectivity index (χ0v) is 16.3. The van der Waals surface area contributed by atoms with Gasteiger partial charge in [0.15, 0.2) is 0 Å². The second kappa shape index (κ2) is 8.50. The molecule has 1 amide bonds. The van der Waals surface area contributed by atoms with Crippen molar-refractivity contribution in [3.63, 3.8) is 0 Å². The number of anilines is 1. The molecule has 4 aromatic rings. The van der Waals surface area contributed by atoms with Crippen molar-refractivity contribution in [2.75, 3.05) is 11.9 Å². The first-order valence-corrected chi connectivity index (χ1v) is 9.48. The summed E-state index contributed by atoms with van der Waals surface area (Å²) in [5, 5.41) is 29.6. The van der Waals surface area contributed by atoms with Crippen LogP contribution in [0.15, 0.2) is 77.9 Å². The van der Waals surface area contributed by atoms with E-state index in [9.17, 15) is 14.8 Å². The Kier molecular flexibility index (Phi) is 5.44. The van der Waals surface area contributed by atoms with Crippen LogP contribution >= 0.6 is 0 Å². The SMILES string of the molecule is O=C(CNc1cccc2ccccc12)N/N=C/c1c(O)ccc2cc([N+](=O)O)ccc12. The van der Waals surface area contributed by atoms with E-state index in [2.05, 4.69) is 15.8 Å². The maximum Gasteiger partial charge on any atom is 0.317 e. The maximum absolute atomic E-state index is 12.2. The van der Waals surface area contributed by atoms with Gasteiger partial charge >= 0.3 is 5.69 Å². The molecule has 154 valence electrons. The molecule has 4 aromatic carbocycles. The van der Waals surface area contributed by atoms with E-state index >= 15 is 0 Å². The molecule has 4 rings (SSSR count). The van der Waals surface area contributed by atoms with E-state index in [1.54, 1.807) is 12.1 Å². The molecular weight excluding hydrogens is 396 g/mol. The van der Waals surface area contributed by atoms with Gasteiger partial charge in [0.05, 0.1) is 17.7 Å². The van der Waals surface area contributed by atoms with Crippen molar-refractivity contribution in [3.8, 4) is 5.75 Å². The zero-order chi connectivity index (χ0) is 21.8. The Hall–Kier alpha value is -4.46. The number of fused-ring (bicyclic) bond motifs is 2. The Morgan fingerprint density at radius 1 is 0.968 bits per heavy atom. The Morgan fingerprint density at radius 2 is 1.77 bits per heavy atom. The highest BCUT2D eigenvalue weighted by atomic mass is 16.6. The molecule has 0 aromatic heterocycles. The largest absolute Gasteiger partial charge is 0.507 e. The molecule has 0 saturated heterocycles. The number of benzene rings is 4. The zero-order valence-electron chi connectivity index (χ0n) is 16.3. The van der Waals surface area contributed by atoms with Gasteiger partial charge in [0.2, 0.25) is 0 Å². The van der Waals surface area contributed by atoms with Gasteiger partial charge in [0, 0.05) is 28.8 Å². The van der Waals surface area contributed by atoms with E-state index in [0.717, 1.165) is 16.5 Å². The number of hydrogen-bond donors (Lipinski definition) is 4. The number of phenolic OH excluding ortho intramolecular Hbond substituents is 1. The Morgan fingerprint density at radius 3 is 2.61 bits per heavy atom. The lowest BCUT2D eigenvalue weighted by Gasteiger charge is -2.09. The van der Waals surface area contributed by atoms with Crippen molar-refractivity contribution in [1.82, 2.24) is 5.43 Å². The predicted octanol–water partition coefficient (Wildman–Crippen LogP) is 4.06. The quantitative estimate of drug-likeness (QED) is 0.280. The topological polar surface area (TPSA) is 114 Å². The molecule has 0 fully saturated rings. The van der Waals surface area contributed by atoms with Gasteiger partial charge in [-0.3, -0.25) is 4.79 Å². The fourth-order valence-corrected chi connectivity index (χ4v) is 3.35. The van der Waals surface area contributed by atoms with Gasteiger partial charge in [-0.2, -0.15) is 5.10 Å². The lowest BCUT2D eigenvalue weighted by atomic mass is 10.0. The highest BCUT2D eigenvalue weighted by molar-refractivity contribution is 6.03. The van der Waals surface area contributed by atoms with Crippen molar-refractivity contribution >= 4 is 45.0 Å². The fourth-order valence-electron chi connectivity index (χ4n) is 3.35. The van der Waals surface area contributed by atoms with Gasteiger partial charge in [-0.05, 0) is 34.4 Å². The molecular formula is C23H19N4O4+. The normalized spacial score (nSPS) is 11.1. The lowest BCUT2D eigenvalue weighted by Crippen LogP contribution is -2.25. The van der Waals surface area contributed by atoms with Crippen LogP contribution in [0.2, 0.25) is 0 Å². The molecule has 0 aliphatic heterocycles. The van der Waals surface area contributed by atoms with Crippen molar-refractivity contribution in [3.05, 3.63) is 83.3 Å². The van der Waals surface area contributed by atoms with Gasteiger partial charge in [0.1, 0.15) is 5.75 Å². The number of hydrogen-bond acceptors (Lipinski definition) is 5. The van der Waals surface area contributed by atoms with E-state index in [1.807, 2.05) is 42.5 Å². The van der Waals surface area contributed by atoms with E-state index in [1.165, 1.54) is 24.4 Å². The minimum atomic E-state index is -0.353. The molecule has 0 bridgehead atoms. The number of phenols is 1. The van der Waals surface area contributed by atoms with Crippen LogP contribution in [0.25, 0.3) is 21.5 Å². The molecule has 31 heavy (non-hydrogen) atoms. The third kappa shape index (κ3) is 4.27. The average Bonchev–Trinajstić information content (AvgIpc) is 2.78. The number of aromatic hydroxyl groups is 1. The Labute approximate surface area is 177 Å². The van der Waals surface area contributed by atoms with Gasteiger partial charge in [-0.1, -0.05) is 42.5 Å². The number of rotatable bonds is 6. The highest BCUT2D eigenvalue weighted by Crippen LogP contribution is 2.28. The van der Waals surface area contributed by atoms with E-state index < -0.39 is 0 Å². The molecule has 0 aliphatic carbocycles. The number of amides is 1. The van der Waals surface area contributed by atoms with Crippen LogP contribution in [-0.4, -0.2) is 33.9 Å². The molecule has 0 heterocycles. The summed E-state index contributed by atoms with van der Waals surface area (Å²) in [6.45, 7) is 0.0199. The second-order valence-electron chi connectivity index (χ2n) is 6.85. The Balaban J connectivity index is 1.45. The monoisotopic (exact) mass is 415 g/mol. The second-order valence-corrected chi connectivity index (χ2v) is 6.85. The Bertz CT molecular complexity index is 1330. The number of nitrogens with zero attached hydrogens (tertiary/aromatic N) is 2. The number of hydrazone groups is 1. The number of nitrogens with one attached hydrogen (secondary N) is 2. The molecule has 0 radical (unpaired) electrons. The first-order chi connectivity index (χ1) is 15.0. The summed E-state index contributed by atoms with van der Waals surface area (Å²) >= 11 is 0.